The number of aromatic nitrogens is 1. The minimum absolute atomic E-state index is 0.0880. The summed E-state index contributed by atoms with van der Waals surface area (Å²) in [6.07, 6.45) is 0. The molecule has 0 radical (unpaired) electrons. The van der Waals surface area contributed by atoms with E-state index >= 15 is 0 Å². The SMILES string of the molecule is Cc1c2ccccc2c(-c2ccc3c4ccc(-c5ccc6ccc7cc(C(C)(C)C)cc8ccc5c6c78)cc4n(-c4ccccc4)c3c2)c2ccccc12. The Balaban J connectivity index is 1.17. The molecule has 256 valence electrons. The molecule has 0 aliphatic carbocycles. The largest absolute Gasteiger partial charge is 0.309 e. The van der Waals surface area contributed by atoms with Gasteiger partial charge < -0.3 is 4.57 Å². The molecular formula is C53H39N. The van der Waals surface area contributed by atoms with Gasteiger partial charge >= 0.3 is 0 Å². The third-order valence-corrected chi connectivity index (χ3v) is 12.0. The highest BCUT2D eigenvalue weighted by Crippen LogP contribution is 2.44. The second-order valence-electron chi connectivity index (χ2n) is 16.2. The monoisotopic (exact) mass is 689 g/mol. The summed E-state index contributed by atoms with van der Waals surface area (Å²) in [5, 5.41) is 15.7. The summed E-state index contributed by atoms with van der Waals surface area (Å²) >= 11 is 0. The number of para-hydroxylation sites is 1. The van der Waals surface area contributed by atoms with Crippen LogP contribution in [0.3, 0.4) is 0 Å². The van der Waals surface area contributed by atoms with E-state index < -0.39 is 0 Å². The van der Waals surface area contributed by atoms with E-state index in [1.807, 2.05) is 0 Å². The average molecular weight is 690 g/mol. The molecule has 0 fully saturated rings. The number of benzene rings is 10. The number of rotatable bonds is 3. The topological polar surface area (TPSA) is 4.93 Å². The molecule has 1 heterocycles. The van der Waals surface area contributed by atoms with Crippen LogP contribution < -0.4 is 0 Å². The fraction of sp³-hybridized carbons (Fsp3) is 0.0943. The summed E-state index contributed by atoms with van der Waals surface area (Å²) in [4.78, 5) is 0. The zero-order valence-corrected chi connectivity index (χ0v) is 31.0. The molecule has 0 aliphatic rings. The normalized spacial score (nSPS) is 12.4. The minimum atomic E-state index is 0.0880. The van der Waals surface area contributed by atoms with E-state index in [0.29, 0.717) is 0 Å². The number of hydrogen-bond donors (Lipinski definition) is 0. The number of fused-ring (bicyclic) bond motifs is 5. The maximum absolute atomic E-state index is 2.47. The summed E-state index contributed by atoms with van der Waals surface area (Å²) < 4.78 is 2.47. The smallest absolute Gasteiger partial charge is 0.0547 e. The molecule has 0 N–H and O–H groups in total. The molecule has 1 heteroatoms. The van der Waals surface area contributed by atoms with Gasteiger partial charge in [-0.2, -0.15) is 0 Å². The Kier molecular flexibility index (Phi) is 6.50. The first-order valence-electron chi connectivity index (χ1n) is 19.1. The predicted molar refractivity (Wildman–Crippen MR) is 234 cm³/mol. The summed E-state index contributed by atoms with van der Waals surface area (Å²) in [7, 11) is 0. The Labute approximate surface area is 315 Å². The van der Waals surface area contributed by atoms with E-state index in [1.54, 1.807) is 0 Å². The van der Waals surface area contributed by atoms with Crippen molar-refractivity contribution in [3.63, 3.8) is 0 Å². The third-order valence-electron chi connectivity index (χ3n) is 12.0. The van der Waals surface area contributed by atoms with Gasteiger partial charge in [-0.1, -0.05) is 160 Å². The van der Waals surface area contributed by atoms with Crippen molar-refractivity contribution in [3.8, 4) is 27.9 Å². The second-order valence-corrected chi connectivity index (χ2v) is 16.2. The lowest BCUT2D eigenvalue weighted by atomic mass is 9.83. The van der Waals surface area contributed by atoms with Crippen molar-refractivity contribution < 1.29 is 0 Å². The molecule has 11 aromatic rings. The van der Waals surface area contributed by atoms with Gasteiger partial charge in [0, 0.05) is 16.5 Å². The third kappa shape index (κ3) is 4.45. The van der Waals surface area contributed by atoms with Gasteiger partial charge in [-0.05, 0) is 124 Å². The molecule has 11 rings (SSSR count). The van der Waals surface area contributed by atoms with Crippen LogP contribution in [0.15, 0.2) is 164 Å². The van der Waals surface area contributed by atoms with Crippen molar-refractivity contribution in [2.45, 2.75) is 33.1 Å². The van der Waals surface area contributed by atoms with Gasteiger partial charge in [0.25, 0.3) is 0 Å². The Morgan fingerprint density at radius 1 is 0.407 bits per heavy atom. The molecule has 0 unspecified atom stereocenters. The van der Waals surface area contributed by atoms with Crippen molar-refractivity contribution in [3.05, 3.63) is 175 Å². The highest BCUT2D eigenvalue weighted by atomic mass is 15.0. The van der Waals surface area contributed by atoms with Gasteiger partial charge in [0.1, 0.15) is 0 Å². The van der Waals surface area contributed by atoms with Gasteiger partial charge in [0.15, 0.2) is 0 Å². The minimum Gasteiger partial charge on any atom is -0.309 e. The summed E-state index contributed by atoms with van der Waals surface area (Å²) in [5.41, 5.74) is 11.4. The lowest BCUT2D eigenvalue weighted by molar-refractivity contribution is 0.591. The molecule has 54 heavy (non-hydrogen) atoms. The molecule has 0 spiro atoms. The van der Waals surface area contributed by atoms with Gasteiger partial charge in [-0.15, -0.1) is 0 Å². The fourth-order valence-corrected chi connectivity index (χ4v) is 9.36. The van der Waals surface area contributed by atoms with Crippen LogP contribution in [0, 0.1) is 6.92 Å². The summed E-state index contributed by atoms with van der Waals surface area (Å²) in [5.74, 6) is 0. The van der Waals surface area contributed by atoms with Crippen molar-refractivity contribution >= 4 is 75.7 Å². The van der Waals surface area contributed by atoms with Crippen LogP contribution in [0.4, 0.5) is 0 Å². The first kappa shape index (κ1) is 31.1. The molecule has 1 aromatic heterocycles. The predicted octanol–water partition coefficient (Wildman–Crippen LogP) is 14.9. The molecule has 0 atom stereocenters. The number of aryl methyl sites for hydroxylation is 1. The summed E-state index contributed by atoms with van der Waals surface area (Å²) in [6.45, 7) is 9.16. The van der Waals surface area contributed by atoms with E-state index in [2.05, 4.69) is 196 Å². The standard InChI is InChI=1S/C53H39N/c1-32-40-14-8-10-16-45(40)51(46-17-11-9-15-41(32)46)37-22-26-44-43-25-21-34(30-48(43)54(49(44)31-37)39-12-6-5-7-13-39)42-24-20-33-18-19-35-28-38(53(2,3)4)29-36-23-27-47(42)52(33)50(35)36/h5-31H,1-4H3. The molecule has 0 saturated heterocycles. The maximum atomic E-state index is 2.47. The molecule has 1 nitrogen and oxygen atoms in total. The van der Waals surface area contributed by atoms with Crippen molar-refractivity contribution in [1.82, 2.24) is 4.57 Å². The molecule has 0 bridgehead atoms. The van der Waals surface area contributed by atoms with E-state index in [0.717, 1.165) is 5.69 Å². The Morgan fingerprint density at radius 2 is 0.926 bits per heavy atom. The molecular weight excluding hydrogens is 651 g/mol. The Hall–Kier alpha value is -6.44. The quantitative estimate of drug-likeness (QED) is 0.129. The zero-order chi connectivity index (χ0) is 36.3. The van der Waals surface area contributed by atoms with Gasteiger partial charge in [-0.25, -0.2) is 0 Å². The van der Waals surface area contributed by atoms with E-state index in [9.17, 15) is 0 Å². The first-order valence-corrected chi connectivity index (χ1v) is 19.1. The van der Waals surface area contributed by atoms with Crippen LogP contribution in [0.5, 0.6) is 0 Å². The number of nitrogens with zero attached hydrogens (tertiary/aromatic N) is 1. The fourth-order valence-electron chi connectivity index (χ4n) is 9.36. The van der Waals surface area contributed by atoms with Crippen LogP contribution in [0.2, 0.25) is 0 Å². The van der Waals surface area contributed by atoms with Crippen LogP contribution in [0.1, 0.15) is 31.9 Å². The molecule has 0 aliphatic heterocycles. The van der Waals surface area contributed by atoms with Gasteiger partial charge in [-0.3, -0.25) is 0 Å². The van der Waals surface area contributed by atoms with Crippen LogP contribution in [-0.4, -0.2) is 4.57 Å². The Bertz CT molecular complexity index is 3220. The molecule has 0 amide bonds. The summed E-state index contributed by atoms with van der Waals surface area (Å²) in [6, 6.07) is 61.5. The lowest BCUT2D eigenvalue weighted by Crippen LogP contribution is -2.10. The van der Waals surface area contributed by atoms with Crippen LogP contribution >= 0.6 is 0 Å². The second kappa shape index (κ2) is 11.3. The van der Waals surface area contributed by atoms with E-state index in [1.165, 1.54) is 109 Å². The Morgan fingerprint density at radius 3 is 1.57 bits per heavy atom. The molecule has 10 aromatic carbocycles. The van der Waals surface area contributed by atoms with Crippen molar-refractivity contribution in [2.75, 3.05) is 0 Å². The van der Waals surface area contributed by atoms with Crippen molar-refractivity contribution in [2.24, 2.45) is 0 Å². The van der Waals surface area contributed by atoms with E-state index in [4.69, 9.17) is 0 Å². The van der Waals surface area contributed by atoms with Gasteiger partial charge in [0.2, 0.25) is 0 Å². The first-order chi connectivity index (χ1) is 26.3. The number of hydrogen-bond acceptors (Lipinski definition) is 0. The highest BCUT2D eigenvalue weighted by Gasteiger charge is 2.20. The van der Waals surface area contributed by atoms with Crippen molar-refractivity contribution in [1.29, 1.82) is 0 Å². The van der Waals surface area contributed by atoms with E-state index in [-0.39, 0.29) is 5.41 Å². The maximum Gasteiger partial charge on any atom is 0.0547 e. The zero-order valence-electron chi connectivity index (χ0n) is 31.0. The van der Waals surface area contributed by atoms with Crippen LogP contribution in [-0.2, 0) is 5.41 Å². The average Bonchev–Trinajstić information content (AvgIpc) is 3.53. The highest BCUT2D eigenvalue weighted by molar-refractivity contribution is 6.26. The van der Waals surface area contributed by atoms with Gasteiger partial charge in [0.05, 0.1) is 11.0 Å². The molecule has 0 saturated carbocycles. The lowest BCUT2D eigenvalue weighted by Gasteiger charge is -2.22. The van der Waals surface area contributed by atoms with Crippen LogP contribution in [0.25, 0.3) is 104 Å².